The van der Waals surface area contributed by atoms with Crippen LogP contribution in [0.5, 0.6) is 5.75 Å². The first-order valence-corrected chi connectivity index (χ1v) is 9.76. The van der Waals surface area contributed by atoms with Gasteiger partial charge in [-0.2, -0.15) is 0 Å². The highest BCUT2D eigenvalue weighted by molar-refractivity contribution is 7.99. The summed E-state index contributed by atoms with van der Waals surface area (Å²) in [6.45, 7) is 4.80. The number of anilines is 1. The second-order valence-electron chi connectivity index (χ2n) is 5.73. The number of ether oxygens (including phenoxy) is 1. The standard InChI is InChI=1S/C20H21N3O3S/c1-3-23-19(25)14-9-5-6-10-15(14)22-20(23)27-13-18(24)21-16-11-7-8-12-17(16)26-4-2/h5-12H,3-4,13H2,1-2H3,(H,21,24). The molecule has 0 atom stereocenters. The topological polar surface area (TPSA) is 73.2 Å². The number of nitrogens with one attached hydrogen (secondary N) is 1. The average molecular weight is 383 g/mol. The van der Waals surface area contributed by atoms with E-state index in [1.54, 1.807) is 22.8 Å². The molecule has 0 unspecified atom stereocenters. The highest BCUT2D eigenvalue weighted by atomic mass is 32.2. The van der Waals surface area contributed by atoms with Crippen LogP contribution in [0.4, 0.5) is 5.69 Å². The maximum absolute atomic E-state index is 12.6. The minimum Gasteiger partial charge on any atom is -0.492 e. The lowest BCUT2D eigenvalue weighted by atomic mass is 10.2. The van der Waals surface area contributed by atoms with E-state index in [2.05, 4.69) is 10.3 Å². The molecule has 0 fully saturated rings. The van der Waals surface area contributed by atoms with Gasteiger partial charge in [0.25, 0.3) is 5.56 Å². The van der Waals surface area contributed by atoms with Gasteiger partial charge in [0.05, 0.1) is 29.0 Å². The third kappa shape index (κ3) is 4.31. The molecule has 140 valence electrons. The number of fused-ring (bicyclic) bond motifs is 1. The predicted octanol–water partition coefficient (Wildman–Crippen LogP) is 3.55. The van der Waals surface area contributed by atoms with E-state index in [1.807, 2.05) is 44.2 Å². The highest BCUT2D eigenvalue weighted by Crippen LogP contribution is 2.24. The first-order chi connectivity index (χ1) is 13.1. The number of hydrogen-bond donors (Lipinski definition) is 1. The molecular weight excluding hydrogens is 362 g/mol. The minimum atomic E-state index is -0.183. The smallest absolute Gasteiger partial charge is 0.262 e. The van der Waals surface area contributed by atoms with E-state index in [-0.39, 0.29) is 17.2 Å². The second kappa shape index (κ2) is 8.73. The van der Waals surface area contributed by atoms with Crippen LogP contribution in [0, 0.1) is 0 Å². The van der Waals surface area contributed by atoms with E-state index in [4.69, 9.17) is 4.74 Å². The predicted molar refractivity (Wildman–Crippen MR) is 109 cm³/mol. The van der Waals surface area contributed by atoms with Crippen molar-refractivity contribution in [1.82, 2.24) is 9.55 Å². The Morgan fingerprint density at radius 2 is 1.89 bits per heavy atom. The van der Waals surface area contributed by atoms with Crippen LogP contribution in [-0.2, 0) is 11.3 Å². The number of aromatic nitrogens is 2. The summed E-state index contributed by atoms with van der Waals surface area (Å²) in [5, 5.41) is 3.97. The number of rotatable bonds is 7. The summed E-state index contributed by atoms with van der Waals surface area (Å²) in [6.07, 6.45) is 0. The van der Waals surface area contributed by atoms with Gasteiger partial charge in [-0.15, -0.1) is 0 Å². The number of hydrogen-bond acceptors (Lipinski definition) is 5. The van der Waals surface area contributed by atoms with Crippen molar-refractivity contribution >= 4 is 34.3 Å². The van der Waals surface area contributed by atoms with Crippen LogP contribution in [0.3, 0.4) is 0 Å². The molecule has 7 heteroatoms. The molecule has 0 spiro atoms. The van der Waals surface area contributed by atoms with Crippen molar-refractivity contribution in [2.75, 3.05) is 17.7 Å². The molecule has 2 aromatic carbocycles. The van der Waals surface area contributed by atoms with Gasteiger partial charge in [-0.3, -0.25) is 14.2 Å². The van der Waals surface area contributed by atoms with Crippen molar-refractivity contribution in [2.24, 2.45) is 0 Å². The molecular formula is C20H21N3O3S. The van der Waals surface area contributed by atoms with Crippen molar-refractivity contribution in [2.45, 2.75) is 25.5 Å². The Morgan fingerprint density at radius 1 is 1.15 bits per heavy atom. The lowest BCUT2D eigenvalue weighted by Gasteiger charge is -2.12. The van der Waals surface area contributed by atoms with Gasteiger partial charge in [0.1, 0.15) is 5.75 Å². The van der Waals surface area contributed by atoms with Gasteiger partial charge >= 0.3 is 0 Å². The third-order valence-electron chi connectivity index (χ3n) is 3.94. The molecule has 0 saturated heterocycles. The van der Waals surface area contributed by atoms with Crippen LogP contribution in [0.25, 0.3) is 10.9 Å². The Hall–Kier alpha value is -2.80. The van der Waals surface area contributed by atoms with Crippen LogP contribution >= 0.6 is 11.8 Å². The first kappa shape index (κ1) is 19.0. The monoisotopic (exact) mass is 383 g/mol. The van der Waals surface area contributed by atoms with E-state index >= 15 is 0 Å². The number of para-hydroxylation sites is 3. The molecule has 1 amide bonds. The van der Waals surface area contributed by atoms with E-state index in [9.17, 15) is 9.59 Å². The zero-order valence-corrected chi connectivity index (χ0v) is 16.1. The molecule has 0 bridgehead atoms. The Labute approximate surface area is 161 Å². The van der Waals surface area contributed by atoms with Gasteiger partial charge in [-0.05, 0) is 38.1 Å². The van der Waals surface area contributed by atoms with Crippen LogP contribution in [-0.4, -0.2) is 27.8 Å². The molecule has 0 aliphatic rings. The molecule has 27 heavy (non-hydrogen) atoms. The van der Waals surface area contributed by atoms with Crippen LogP contribution in [0.1, 0.15) is 13.8 Å². The van der Waals surface area contributed by atoms with Crippen molar-refractivity contribution in [3.05, 3.63) is 58.9 Å². The van der Waals surface area contributed by atoms with Gasteiger partial charge in [0.15, 0.2) is 5.16 Å². The van der Waals surface area contributed by atoms with Crippen molar-refractivity contribution in [3.63, 3.8) is 0 Å². The number of carbonyl (C=O) groups is 1. The summed E-state index contributed by atoms with van der Waals surface area (Å²) in [6, 6.07) is 14.5. The Bertz CT molecular complexity index is 1020. The third-order valence-corrected chi connectivity index (χ3v) is 4.91. The van der Waals surface area contributed by atoms with E-state index < -0.39 is 0 Å². The summed E-state index contributed by atoms with van der Waals surface area (Å²) in [7, 11) is 0. The van der Waals surface area contributed by atoms with Crippen LogP contribution in [0.2, 0.25) is 0 Å². The zero-order valence-electron chi connectivity index (χ0n) is 15.3. The quantitative estimate of drug-likeness (QED) is 0.499. The molecule has 6 nitrogen and oxygen atoms in total. The number of thioether (sulfide) groups is 1. The maximum atomic E-state index is 12.6. The average Bonchev–Trinajstić information content (AvgIpc) is 2.68. The molecule has 1 N–H and O–H groups in total. The number of benzene rings is 2. The summed E-state index contributed by atoms with van der Waals surface area (Å²) in [5.74, 6) is 0.593. The molecule has 0 aliphatic carbocycles. The molecule has 0 aliphatic heterocycles. The molecule has 1 heterocycles. The Balaban J connectivity index is 1.77. The Kier molecular flexibility index (Phi) is 6.13. The van der Waals surface area contributed by atoms with Gasteiger partial charge in [0.2, 0.25) is 5.91 Å². The van der Waals surface area contributed by atoms with Crippen molar-refractivity contribution in [3.8, 4) is 5.75 Å². The van der Waals surface area contributed by atoms with Crippen molar-refractivity contribution in [1.29, 1.82) is 0 Å². The summed E-state index contributed by atoms with van der Waals surface area (Å²) in [4.78, 5) is 29.6. The van der Waals surface area contributed by atoms with Gasteiger partial charge in [0, 0.05) is 6.54 Å². The first-order valence-electron chi connectivity index (χ1n) is 8.78. The van der Waals surface area contributed by atoms with E-state index in [0.717, 1.165) is 0 Å². The van der Waals surface area contributed by atoms with E-state index in [0.29, 0.717) is 40.6 Å². The zero-order chi connectivity index (χ0) is 19.2. The SMILES string of the molecule is CCOc1ccccc1NC(=O)CSc1nc2ccccc2c(=O)n1CC. The fourth-order valence-electron chi connectivity index (χ4n) is 2.70. The van der Waals surface area contributed by atoms with Gasteiger partial charge in [-0.25, -0.2) is 4.98 Å². The molecule has 3 aromatic rings. The lowest BCUT2D eigenvalue weighted by Crippen LogP contribution is -2.23. The Morgan fingerprint density at radius 3 is 2.67 bits per heavy atom. The number of carbonyl (C=O) groups excluding carboxylic acids is 1. The van der Waals surface area contributed by atoms with E-state index in [1.165, 1.54) is 11.8 Å². The summed E-state index contributed by atoms with van der Waals surface area (Å²) < 4.78 is 7.11. The van der Waals surface area contributed by atoms with Crippen LogP contribution < -0.4 is 15.6 Å². The fraction of sp³-hybridized carbons (Fsp3) is 0.250. The van der Waals surface area contributed by atoms with Gasteiger partial charge < -0.3 is 10.1 Å². The molecule has 0 radical (unpaired) electrons. The largest absolute Gasteiger partial charge is 0.492 e. The molecule has 1 aromatic heterocycles. The molecule has 0 saturated carbocycles. The number of nitrogens with zero attached hydrogens (tertiary/aromatic N) is 2. The fourth-order valence-corrected chi connectivity index (χ4v) is 3.57. The maximum Gasteiger partial charge on any atom is 0.262 e. The molecule has 3 rings (SSSR count). The van der Waals surface area contributed by atoms with Gasteiger partial charge in [-0.1, -0.05) is 36.0 Å². The normalized spacial score (nSPS) is 10.7. The lowest BCUT2D eigenvalue weighted by molar-refractivity contribution is -0.113. The second-order valence-corrected chi connectivity index (χ2v) is 6.67. The van der Waals surface area contributed by atoms with Crippen molar-refractivity contribution < 1.29 is 9.53 Å². The highest BCUT2D eigenvalue weighted by Gasteiger charge is 2.13. The number of amides is 1. The summed E-state index contributed by atoms with van der Waals surface area (Å²) in [5.41, 5.74) is 1.17. The van der Waals surface area contributed by atoms with Crippen LogP contribution in [0.15, 0.2) is 58.5 Å². The summed E-state index contributed by atoms with van der Waals surface area (Å²) >= 11 is 1.25. The minimum absolute atomic E-state index is 0.0901.